The molecule has 0 bridgehead atoms. The Bertz CT molecular complexity index is 510. The highest BCUT2D eigenvalue weighted by molar-refractivity contribution is 6.31. The van der Waals surface area contributed by atoms with Crippen LogP contribution in [0.15, 0.2) is 18.2 Å². The summed E-state index contributed by atoms with van der Waals surface area (Å²) in [6.07, 6.45) is -0.0577. The molecule has 0 spiro atoms. The van der Waals surface area contributed by atoms with Crippen LogP contribution in [0.1, 0.15) is 16.8 Å². The van der Waals surface area contributed by atoms with Crippen molar-refractivity contribution in [2.24, 2.45) is 0 Å². The Kier molecular flexibility index (Phi) is 4.62. The molecule has 1 heterocycles. The SMILES string of the molecule is CN(C)CC1CC(O)CN1C(=O)c1cccc(Cl)c1F. The smallest absolute Gasteiger partial charge is 0.257 e. The van der Waals surface area contributed by atoms with E-state index >= 15 is 0 Å². The molecule has 20 heavy (non-hydrogen) atoms. The maximum Gasteiger partial charge on any atom is 0.257 e. The first kappa shape index (κ1) is 15.2. The van der Waals surface area contributed by atoms with E-state index in [9.17, 15) is 14.3 Å². The number of benzene rings is 1. The Morgan fingerprint density at radius 1 is 1.55 bits per heavy atom. The monoisotopic (exact) mass is 300 g/mol. The number of aliphatic hydroxyl groups is 1. The summed E-state index contributed by atoms with van der Waals surface area (Å²) in [5.74, 6) is -1.13. The van der Waals surface area contributed by atoms with Crippen molar-refractivity contribution < 1.29 is 14.3 Å². The average Bonchev–Trinajstić information content (AvgIpc) is 2.72. The predicted octanol–water partition coefficient (Wildman–Crippen LogP) is 1.62. The van der Waals surface area contributed by atoms with Crippen molar-refractivity contribution in [2.75, 3.05) is 27.2 Å². The minimum Gasteiger partial charge on any atom is -0.391 e. The van der Waals surface area contributed by atoms with Gasteiger partial charge in [-0.15, -0.1) is 0 Å². The van der Waals surface area contributed by atoms with E-state index in [4.69, 9.17) is 11.6 Å². The summed E-state index contributed by atoms with van der Waals surface area (Å²) in [7, 11) is 3.79. The van der Waals surface area contributed by atoms with Gasteiger partial charge in [-0.05, 0) is 32.6 Å². The number of hydrogen-bond acceptors (Lipinski definition) is 3. The van der Waals surface area contributed by atoms with Gasteiger partial charge in [0.05, 0.1) is 16.7 Å². The zero-order valence-electron chi connectivity index (χ0n) is 11.5. The first-order chi connectivity index (χ1) is 9.40. The van der Waals surface area contributed by atoms with E-state index in [1.165, 1.54) is 17.0 Å². The Morgan fingerprint density at radius 3 is 2.90 bits per heavy atom. The van der Waals surface area contributed by atoms with Crippen LogP contribution < -0.4 is 0 Å². The van der Waals surface area contributed by atoms with Gasteiger partial charge in [0, 0.05) is 19.1 Å². The predicted molar refractivity (Wildman–Crippen MR) is 75.4 cm³/mol. The minimum absolute atomic E-state index is 0.0460. The number of aliphatic hydroxyl groups excluding tert-OH is 1. The number of carbonyl (C=O) groups is 1. The largest absolute Gasteiger partial charge is 0.391 e. The van der Waals surface area contributed by atoms with Crippen molar-refractivity contribution in [3.8, 4) is 0 Å². The van der Waals surface area contributed by atoms with Gasteiger partial charge in [-0.1, -0.05) is 17.7 Å². The summed E-state index contributed by atoms with van der Waals surface area (Å²) >= 11 is 5.71. The molecule has 4 nitrogen and oxygen atoms in total. The molecule has 1 aromatic rings. The summed E-state index contributed by atoms with van der Waals surface area (Å²) in [5.41, 5.74) is -0.0460. The molecule has 1 fully saturated rings. The highest BCUT2D eigenvalue weighted by Gasteiger charge is 2.35. The molecule has 1 amide bonds. The van der Waals surface area contributed by atoms with Crippen LogP contribution in [0.2, 0.25) is 5.02 Å². The van der Waals surface area contributed by atoms with Crippen LogP contribution >= 0.6 is 11.6 Å². The summed E-state index contributed by atoms with van der Waals surface area (Å²) < 4.78 is 13.9. The quantitative estimate of drug-likeness (QED) is 0.922. The van der Waals surface area contributed by atoms with Gasteiger partial charge in [0.2, 0.25) is 0 Å². The number of likely N-dealkylation sites (tertiary alicyclic amines) is 1. The molecule has 6 heteroatoms. The molecule has 0 saturated carbocycles. The molecule has 110 valence electrons. The number of halogens is 2. The second-order valence-electron chi connectivity index (χ2n) is 5.36. The lowest BCUT2D eigenvalue weighted by molar-refractivity contribution is 0.0694. The maximum absolute atomic E-state index is 13.9. The van der Waals surface area contributed by atoms with E-state index in [-0.39, 0.29) is 23.2 Å². The fourth-order valence-corrected chi connectivity index (χ4v) is 2.73. The van der Waals surface area contributed by atoms with Crippen molar-refractivity contribution >= 4 is 17.5 Å². The van der Waals surface area contributed by atoms with Gasteiger partial charge in [0.25, 0.3) is 5.91 Å². The second kappa shape index (κ2) is 6.08. The van der Waals surface area contributed by atoms with Crippen LogP contribution in [-0.2, 0) is 0 Å². The molecular weight excluding hydrogens is 283 g/mol. The normalized spacial score (nSPS) is 22.6. The van der Waals surface area contributed by atoms with Gasteiger partial charge in [-0.2, -0.15) is 0 Å². The Balaban J connectivity index is 2.24. The van der Waals surface area contributed by atoms with Gasteiger partial charge in [-0.3, -0.25) is 4.79 Å². The molecule has 0 aromatic heterocycles. The number of likely N-dealkylation sites (N-methyl/N-ethyl adjacent to an activating group) is 1. The fourth-order valence-electron chi connectivity index (χ4n) is 2.56. The van der Waals surface area contributed by atoms with E-state index in [0.717, 1.165) is 0 Å². The summed E-state index contributed by atoms with van der Waals surface area (Å²) in [5, 5.41) is 9.70. The molecule has 1 saturated heterocycles. The molecule has 0 aliphatic carbocycles. The molecule has 1 aliphatic heterocycles. The molecule has 1 aliphatic rings. The van der Waals surface area contributed by atoms with Crippen LogP contribution in [0.3, 0.4) is 0 Å². The fraction of sp³-hybridized carbons (Fsp3) is 0.500. The summed E-state index contributed by atoms with van der Waals surface area (Å²) in [6, 6.07) is 4.25. The van der Waals surface area contributed by atoms with Crippen LogP contribution in [-0.4, -0.2) is 60.1 Å². The first-order valence-electron chi connectivity index (χ1n) is 6.48. The zero-order valence-corrected chi connectivity index (χ0v) is 12.3. The van der Waals surface area contributed by atoms with E-state index in [2.05, 4.69) is 0 Å². The number of carbonyl (C=O) groups excluding carboxylic acids is 1. The number of amides is 1. The Hall–Kier alpha value is -1.17. The van der Waals surface area contributed by atoms with Crippen LogP contribution in [0.5, 0.6) is 0 Å². The molecule has 0 radical (unpaired) electrons. The minimum atomic E-state index is -0.704. The third kappa shape index (κ3) is 3.11. The van der Waals surface area contributed by atoms with Crippen LogP contribution in [0.25, 0.3) is 0 Å². The highest BCUT2D eigenvalue weighted by Crippen LogP contribution is 2.24. The number of rotatable bonds is 3. The zero-order chi connectivity index (χ0) is 14.9. The van der Waals surface area contributed by atoms with Crippen molar-refractivity contribution in [3.05, 3.63) is 34.6 Å². The number of β-amino-alcohol motifs (C(OH)–C–C–N with tert-alkyl or cyclic N) is 1. The average molecular weight is 301 g/mol. The Morgan fingerprint density at radius 2 is 2.25 bits per heavy atom. The molecular formula is C14H18ClFN2O2. The lowest BCUT2D eigenvalue weighted by atomic mass is 10.1. The first-order valence-corrected chi connectivity index (χ1v) is 6.85. The molecule has 2 atom stereocenters. The van der Waals surface area contributed by atoms with Gasteiger partial charge in [-0.25, -0.2) is 4.39 Å². The summed E-state index contributed by atoms with van der Waals surface area (Å²) in [6.45, 7) is 0.855. The van der Waals surface area contributed by atoms with Crippen LogP contribution in [0.4, 0.5) is 4.39 Å². The van der Waals surface area contributed by atoms with Crippen molar-refractivity contribution in [3.63, 3.8) is 0 Å². The van der Waals surface area contributed by atoms with E-state index < -0.39 is 17.8 Å². The van der Waals surface area contributed by atoms with Gasteiger partial charge >= 0.3 is 0 Å². The van der Waals surface area contributed by atoms with E-state index in [0.29, 0.717) is 13.0 Å². The second-order valence-corrected chi connectivity index (χ2v) is 5.77. The lowest BCUT2D eigenvalue weighted by Gasteiger charge is -2.27. The lowest BCUT2D eigenvalue weighted by Crippen LogP contribution is -2.41. The van der Waals surface area contributed by atoms with Gasteiger partial charge in [0.15, 0.2) is 5.82 Å². The topological polar surface area (TPSA) is 43.8 Å². The third-order valence-corrected chi connectivity index (χ3v) is 3.70. The van der Waals surface area contributed by atoms with Crippen molar-refractivity contribution in [2.45, 2.75) is 18.6 Å². The number of nitrogens with zero attached hydrogens (tertiary/aromatic N) is 2. The Labute approximate surface area is 122 Å². The standard InChI is InChI=1S/C14H18ClFN2O2/c1-17(2)7-9-6-10(19)8-18(9)14(20)11-4-3-5-12(15)13(11)16/h3-5,9-10,19H,6-8H2,1-2H3. The van der Waals surface area contributed by atoms with Crippen molar-refractivity contribution in [1.29, 1.82) is 0 Å². The van der Waals surface area contributed by atoms with E-state index in [1.807, 2.05) is 19.0 Å². The molecule has 2 unspecified atom stereocenters. The molecule has 1 N–H and O–H groups in total. The number of hydrogen-bond donors (Lipinski definition) is 1. The van der Waals surface area contributed by atoms with E-state index in [1.54, 1.807) is 6.07 Å². The third-order valence-electron chi connectivity index (χ3n) is 3.41. The molecule has 2 rings (SSSR count). The van der Waals surface area contributed by atoms with Crippen molar-refractivity contribution in [1.82, 2.24) is 9.80 Å². The summed E-state index contributed by atoms with van der Waals surface area (Å²) in [4.78, 5) is 15.9. The molecule has 1 aromatic carbocycles. The van der Waals surface area contributed by atoms with Crippen LogP contribution in [0, 0.1) is 5.82 Å². The highest BCUT2D eigenvalue weighted by atomic mass is 35.5. The van der Waals surface area contributed by atoms with Gasteiger partial charge < -0.3 is 14.9 Å². The maximum atomic E-state index is 13.9. The van der Waals surface area contributed by atoms with Gasteiger partial charge in [0.1, 0.15) is 0 Å².